The van der Waals surface area contributed by atoms with Crippen molar-refractivity contribution in [3.63, 3.8) is 0 Å². The van der Waals surface area contributed by atoms with Crippen LogP contribution in [0.15, 0.2) is 39.6 Å². The van der Waals surface area contributed by atoms with Gasteiger partial charge in [0, 0.05) is 30.2 Å². The van der Waals surface area contributed by atoms with Crippen LogP contribution in [0.3, 0.4) is 0 Å². The van der Waals surface area contributed by atoms with E-state index < -0.39 is 18.3 Å². The first-order chi connectivity index (χ1) is 14.3. The molecule has 1 saturated heterocycles. The summed E-state index contributed by atoms with van der Waals surface area (Å²) in [4.78, 5) is 20.5. The summed E-state index contributed by atoms with van der Waals surface area (Å²) < 4.78 is 49.5. The predicted octanol–water partition coefficient (Wildman–Crippen LogP) is 3.74. The molecule has 0 saturated carbocycles. The van der Waals surface area contributed by atoms with E-state index in [-0.39, 0.29) is 24.5 Å². The minimum atomic E-state index is -4.44. The molecule has 0 aliphatic carbocycles. The van der Waals surface area contributed by atoms with Crippen LogP contribution in [-0.2, 0) is 11.3 Å². The summed E-state index contributed by atoms with van der Waals surface area (Å²) in [5.41, 5.74) is 0.377. The molecule has 2 aromatic rings. The van der Waals surface area contributed by atoms with E-state index >= 15 is 0 Å². The topological polar surface area (TPSA) is 50.6 Å². The van der Waals surface area contributed by atoms with E-state index in [4.69, 9.17) is 4.74 Å². The fourth-order valence-corrected chi connectivity index (χ4v) is 4.30. The van der Waals surface area contributed by atoms with Crippen molar-refractivity contribution in [1.82, 2.24) is 9.55 Å². The molecule has 162 valence electrons. The van der Waals surface area contributed by atoms with Gasteiger partial charge in [-0.1, -0.05) is 28.1 Å². The predicted molar refractivity (Wildman–Crippen MR) is 111 cm³/mol. The number of hydrogen-bond acceptors (Lipinski definition) is 5. The van der Waals surface area contributed by atoms with E-state index in [1.807, 2.05) is 4.90 Å². The lowest BCUT2D eigenvalue weighted by molar-refractivity contribution is -0.154. The highest BCUT2D eigenvalue weighted by Gasteiger charge is 2.48. The Morgan fingerprint density at radius 1 is 1.17 bits per heavy atom. The van der Waals surface area contributed by atoms with Crippen molar-refractivity contribution in [2.45, 2.75) is 38.1 Å². The summed E-state index contributed by atoms with van der Waals surface area (Å²) >= 11 is 3.36. The molecule has 0 bridgehead atoms. The molecule has 30 heavy (non-hydrogen) atoms. The van der Waals surface area contributed by atoms with Crippen molar-refractivity contribution in [3.8, 4) is 0 Å². The third-order valence-electron chi connectivity index (χ3n) is 5.65. The number of ether oxygens (including phenoxy) is 1. The summed E-state index contributed by atoms with van der Waals surface area (Å²) in [5, 5.41) is 0. The molecule has 2 atom stereocenters. The van der Waals surface area contributed by atoms with E-state index in [0.717, 1.165) is 4.47 Å². The van der Waals surface area contributed by atoms with Gasteiger partial charge >= 0.3 is 6.18 Å². The monoisotopic (exact) mass is 486 g/mol. The van der Waals surface area contributed by atoms with Crippen LogP contribution in [0.25, 0.3) is 0 Å². The van der Waals surface area contributed by atoms with E-state index in [1.54, 1.807) is 31.2 Å². The quantitative estimate of drug-likeness (QED) is 0.661. The first kappa shape index (κ1) is 21.2. The molecule has 0 unspecified atom stereocenters. The Morgan fingerprint density at radius 3 is 2.47 bits per heavy atom. The Labute approximate surface area is 180 Å². The molecule has 3 heterocycles. The zero-order chi connectivity index (χ0) is 21.5. The fraction of sp³-hybridized carbons (Fsp3) is 0.500. The standard InChI is InChI=1S/C20H22BrF3N4O2/c1-13(14-2-4-15(21)5-3-14)28-16(20(22,23)24)6-7-27-18(29)12-17(25-19(27)28)26-8-10-30-11-9-26/h2-5,12-13,16H,6-11H2,1H3/t13-,16+/m1/s1. The maximum atomic E-state index is 14.0. The van der Waals surface area contributed by atoms with Gasteiger partial charge in [0.2, 0.25) is 5.95 Å². The summed E-state index contributed by atoms with van der Waals surface area (Å²) in [5.74, 6) is 0.457. The zero-order valence-corrected chi connectivity index (χ0v) is 18.0. The second kappa shape index (κ2) is 8.22. The number of hydrogen-bond donors (Lipinski definition) is 0. The van der Waals surface area contributed by atoms with Crippen LogP contribution in [-0.4, -0.2) is 48.1 Å². The highest BCUT2D eigenvalue weighted by Crippen LogP contribution is 2.39. The number of anilines is 2. The largest absolute Gasteiger partial charge is 0.408 e. The summed E-state index contributed by atoms with van der Waals surface area (Å²) in [6, 6.07) is 6.22. The number of morpholine rings is 1. The normalized spacial score (nSPS) is 20.8. The van der Waals surface area contributed by atoms with Crippen molar-refractivity contribution in [1.29, 1.82) is 0 Å². The molecule has 2 aliphatic heterocycles. The van der Waals surface area contributed by atoms with Crippen molar-refractivity contribution < 1.29 is 17.9 Å². The van der Waals surface area contributed by atoms with Crippen LogP contribution in [0.5, 0.6) is 0 Å². The van der Waals surface area contributed by atoms with Gasteiger partial charge in [0.15, 0.2) is 0 Å². The second-order valence-electron chi connectivity index (χ2n) is 7.48. The molecular formula is C20H22BrF3N4O2. The van der Waals surface area contributed by atoms with Gasteiger partial charge in [0.25, 0.3) is 5.56 Å². The average Bonchev–Trinajstić information content (AvgIpc) is 2.73. The smallest absolute Gasteiger partial charge is 0.378 e. The summed E-state index contributed by atoms with van der Waals surface area (Å²) in [7, 11) is 0. The molecule has 1 aromatic heterocycles. The molecule has 1 fully saturated rings. The van der Waals surface area contributed by atoms with Crippen LogP contribution in [0.1, 0.15) is 24.9 Å². The molecule has 1 aromatic carbocycles. The summed E-state index contributed by atoms with van der Waals surface area (Å²) in [6.45, 7) is 3.76. The number of benzene rings is 1. The van der Waals surface area contributed by atoms with Gasteiger partial charge in [-0.25, -0.2) is 0 Å². The first-order valence-corrected chi connectivity index (χ1v) is 10.6. The molecule has 0 radical (unpaired) electrons. The minimum absolute atomic E-state index is 0.0156. The Kier molecular flexibility index (Phi) is 5.80. The Bertz CT molecular complexity index is 958. The highest BCUT2D eigenvalue weighted by molar-refractivity contribution is 9.10. The Morgan fingerprint density at radius 2 is 1.83 bits per heavy atom. The van der Waals surface area contributed by atoms with Crippen LogP contribution < -0.4 is 15.4 Å². The zero-order valence-electron chi connectivity index (χ0n) is 16.4. The number of alkyl halides is 3. The molecule has 4 rings (SSSR count). The molecule has 10 heteroatoms. The van der Waals surface area contributed by atoms with Gasteiger partial charge in [-0.3, -0.25) is 9.36 Å². The molecule has 0 N–H and O–H groups in total. The first-order valence-electron chi connectivity index (χ1n) is 9.81. The minimum Gasteiger partial charge on any atom is -0.378 e. The van der Waals surface area contributed by atoms with Crippen molar-refractivity contribution in [2.24, 2.45) is 0 Å². The molecule has 0 spiro atoms. The van der Waals surface area contributed by atoms with E-state index in [2.05, 4.69) is 20.9 Å². The van der Waals surface area contributed by atoms with Crippen molar-refractivity contribution in [3.05, 3.63) is 50.7 Å². The van der Waals surface area contributed by atoms with Crippen LogP contribution in [0.2, 0.25) is 0 Å². The van der Waals surface area contributed by atoms with E-state index in [0.29, 0.717) is 37.7 Å². The maximum absolute atomic E-state index is 14.0. The van der Waals surface area contributed by atoms with Gasteiger partial charge in [0.1, 0.15) is 11.9 Å². The lowest BCUT2D eigenvalue weighted by Gasteiger charge is -2.43. The Balaban J connectivity index is 1.81. The number of rotatable bonds is 3. The van der Waals surface area contributed by atoms with Crippen LogP contribution in [0, 0.1) is 0 Å². The molecular weight excluding hydrogens is 465 g/mol. The van der Waals surface area contributed by atoms with Gasteiger partial charge in [-0.15, -0.1) is 0 Å². The lowest BCUT2D eigenvalue weighted by Crippen LogP contribution is -2.53. The lowest BCUT2D eigenvalue weighted by atomic mass is 10.0. The fourth-order valence-electron chi connectivity index (χ4n) is 4.04. The van der Waals surface area contributed by atoms with Crippen LogP contribution in [0.4, 0.5) is 24.9 Å². The number of halogens is 4. The maximum Gasteiger partial charge on any atom is 0.408 e. The van der Waals surface area contributed by atoms with Gasteiger partial charge in [-0.2, -0.15) is 18.2 Å². The average molecular weight is 487 g/mol. The molecule has 2 aliphatic rings. The highest BCUT2D eigenvalue weighted by atomic mass is 79.9. The SMILES string of the molecule is C[C@H](c1ccc(Br)cc1)N1c2nc(N3CCOCC3)cc(=O)n2CC[C@H]1C(F)(F)F. The third-order valence-corrected chi connectivity index (χ3v) is 6.18. The van der Waals surface area contributed by atoms with Crippen LogP contribution >= 0.6 is 15.9 Å². The number of aromatic nitrogens is 2. The molecule has 6 nitrogen and oxygen atoms in total. The number of fused-ring (bicyclic) bond motifs is 1. The van der Waals surface area contributed by atoms with Gasteiger partial charge in [0.05, 0.1) is 19.3 Å². The second-order valence-corrected chi connectivity index (χ2v) is 8.40. The van der Waals surface area contributed by atoms with Gasteiger partial charge < -0.3 is 14.5 Å². The van der Waals surface area contributed by atoms with Crippen molar-refractivity contribution in [2.75, 3.05) is 36.1 Å². The van der Waals surface area contributed by atoms with E-state index in [9.17, 15) is 18.0 Å². The van der Waals surface area contributed by atoms with E-state index in [1.165, 1.54) is 15.5 Å². The van der Waals surface area contributed by atoms with Crippen molar-refractivity contribution >= 4 is 27.7 Å². The van der Waals surface area contributed by atoms with Gasteiger partial charge in [-0.05, 0) is 31.0 Å². The summed E-state index contributed by atoms with van der Waals surface area (Å²) in [6.07, 6.45) is -4.64. The third kappa shape index (κ3) is 4.07. The molecule has 0 amide bonds. The Hall–Kier alpha value is -2.07. The number of nitrogens with zero attached hydrogens (tertiary/aromatic N) is 4.